The van der Waals surface area contributed by atoms with Crippen LogP contribution in [0.3, 0.4) is 0 Å². The van der Waals surface area contributed by atoms with E-state index in [4.69, 9.17) is 5.11 Å². The first-order valence-corrected chi connectivity index (χ1v) is 5.15. The maximum Gasteiger partial charge on any atom is 0.317 e. The quantitative estimate of drug-likeness (QED) is 0.439. The summed E-state index contributed by atoms with van der Waals surface area (Å²) in [6, 6.07) is 0. The standard InChI is InChI=1S/C10H22N2O3/c1-10(2,3)8(13)6-11-4-5-12-7-9(14)15/h8,11-13H,4-7H2,1-3H3,(H,14,15). The first-order valence-electron chi connectivity index (χ1n) is 5.15. The number of carboxylic acids is 1. The number of rotatable bonds is 7. The number of carbonyl (C=O) groups is 1. The highest BCUT2D eigenvalue weighted by Gasteiger charge is 2.20. The van der Waals surface area contributed by atoms with Crippen LogP contribution in [0.1, 0.15) is 20.8 Å². The summed E-state index contributed by atoms with van der Waals surface area (Å²) in [5.41, 5.74) is -0.124. The van der Waals surface area contributed by atoms with Gasteiger partial charge in [0.2, 0.25) is 0 Å². The Hall–Kier alpha value is -0.650. The molecule has 0 aliphatic heterocycles. The molecule has 15 heavy (non-hydrogen) atoms. The van der Waals surface area contributed by atoms with E-state index < -0.39 is 12.1 Å². The highest BCUT2D eigenvalue weighted by atomic mass is 16.4. The molecule has 0 fully saturated rings. The summed E-state index contributed by atoms with van der Waals surface area (Å²) in [5.74, 6) is -0.857. The lowest BCUT2D eigenvalue weighted by Crippen LogP contribution is -2.39. The SMILES string of the molecule is CC(C)(C)C(O)CNCCNCC(=O)O. The molecular weight excluding hydrogens is 196 g/mol. The molecule has 0 saturated carbocycles. The van der Waals surface area contributed by atoms with Crippen LogP contribution in [0.5, 0.6) is 0 Å². The van der Waals surface area contributed by atoms with Crippen LogP contribution in [0, 0.1) is 5.41 Å². The molecule has 0 radical (unpaired) electrons. The van der Waals surface area contributed by atoms with Crippen LogP contribution in [0.25, 0.3) is 0 Å². The van der Waals surface area contributed by atoms with Gasteiger partial charge in [-0.25, -0.2) is 0 Å². The fraction of sp³-hybridized carbons (Fsp3) is 0.900. The normalized spacial score (nSPS) is 13.9. The van der Waals surface area contributed by atoms with Gasteiger partial charge in [0, 0.05) is 19.6 Å². The second-order valence-electron chi connectivity index (χ2n) is 4.66. The molecular formula is C10H22N2O3. The topological polar surface area (TPSA) is 81.6 Å². The van der Waals surface area contributed by atoms with E-state index in [1.54, 1.807) is 0 Å². The largest absolute Gasteiger partial charge is 0.480 e. The van der Waals surface area contributed by atoms with Gasteiger partial charge in [0.1, 0.15) is 0 Å². The van der Waals surface area contributed by atoms with E-state index >= 15 is 0 Å². The van der Waals surface area contributed by atoms with Crippen molar-refractivity contribution in [2.75, 3.05) is 26.2 Å². The molecule has 5 heteroatoms. The van der Waals surface area contributed by atoms with Gasteiger partial charge in [-0.1, -0.05) is 20.8 Å². The lowest BCUT2D eigenvalue weighted by atomic mass is 9.89. The molecule has 90 valence electrons. The van der Waals surface area contributed by atoms with Crippen molar-refractivity contribution in [2.45, 2.75) is 26.9 Å². The molecule has 5 nitrogen and oxygen atoms in total. The van der Waals surface area contributed by atoms with Crippen LogP contribution in [-0.2, 0) is 4.79 Å². The van der Waals surface area contributed by atoms with E-state index in [0.717, 1.165) is 0 Å². The Morgan fingerprint density at radius 2 is 1.80 bits per heavy atom. The van der Waals surface area contributed by atoms with Crippen LogP contribution < -0.4 is 10.6 Å². The zero-order chi connectivity index (χ0) is 11.9. The average Bonchev–Trinajstić information content (AvgIpc) is 2.08. The minimum absolute atomic E-state index is 0.0243. The van der Waals surface area contributed by atoms with Crippen LogP contribution >= 0.6 is 0 Å². The van der Waals surface area contributed by atoms with Gasteiger partial charge in [0.05, 0.1) is 12.6 Å². The number of aliphatic hydroxyl groups excluding tert-OH is 1. The molecule has 0 rings (SSSR count). The monoisotopic (exact) mass is 218 g/mol. The van der Waals surface area contributed by atoms with Crippen molar-refractivity contribution in [1.82, 2.24) is 10.6 Å². The predicted octanol–water partition coefficient (Wildman–Crippen LogP) is -0.343. The summed E-state index contributed by atoms with van der Waals surface area (Å²) >= 11 is 0. The van der Waals surface area contributed by atoms with Gasteiger partial charge in [0.25, 0.3) is 0 Å². The van der Waals surface area contributed by atoms with Crippen LogP contribution in [0.15, 0.2) is 0 Å². The van der Waals surface area contributed by atoms with Crippen LogP contribution in [0.4, 0.5) is 0 Å². The van der Waals surface area contributed by atoms with E-state index in [0.29, 0.717) is 19.6 Å². The molecule has 1 atom stereocenters. The zero-order valence-electron chi connectivity index (χ0n) is 9.71. The Morgan fingerprint density at radius 1 is 1.27 bits per heavy atom. The smallest absolute Gasteiger partial charge is 0.317 e. The fourth-order valence-electron chi connectivity index (χ4n) is 0.917. The Labute approximate surface area is 90.9 Å². The Morgan fingerprint density at radius 3 is 2.27 bits per heavy atom. The van der Waals surface area contributed by atoms with Crippen molar-refractivity contribution >= 4 is 5.97 Å². The van der Waals surface area contributed by atoms with Crippen LogP contribution in [-0.4, -0.2) is 48.5 Å². The van der Waals surface area contributed by atoms with Crippen molar-refractivity contribution in [3.8, 4) is 0 Å². The number of hydrogen-bond donors (Lipinski definition) is 4. The molecule has 0 bridgehead atoms. The van der Waals surface area contributed by atoms with Crippen molar-refractivity contribution < 1.29 is 15.0 Å². The first kappa shape index (κ1) is 14.3. The first-order chi connectivity index (χ1) is 6.84. The lowest BCUT2D eigenvalue weighted by molar-refractivity contribution is -0.135. The Bertz CT molecular complexity index is 190. The second kappa shape index (κ2) is 6.76. The minimum atomic E-state index is -0.857. The zero-order valence-corrected chi connectivity index (χ0v) is 9.71. The third-order valence-corrected chi connectivity index (χ3v) is 2.09. The summed E-state index contributed by atoms with van der Waals surface area (Å²) in [7, 11) is 0. The van der Waals surface area contributed by atoms with Gasteiger partial charge in [-0.15, -0.1) is 0 Å². The predicted molar refractivity (Wildman–Crippen MR) is 58.8 cm³/mol. The molecule has 1 unspecified atom stereocenters. The van der Waals surface area contributed by atoms with Crippen molar-refractivity contribution in [1.29, 1.82) is 0 Å². The number of aliphatic carboxylic acids is 1. The third-order valence-electron chi connectivity index (χ3n) is 2.09. The molecule has 0 aromatic carbocycles. The maximum atomic E-state index is 10.1. The van der Waals surface area contributed by atoms with Crippen molar-refractivity contribution in [3.05, 3.63) is 0 Å². The highest BCUT2D eigenvalue weighted by Crippen LogP contribution is 2.17. The number of nitrogens with one attached hydrogen (secondary N) is 2. The number of hydrogen-bond acceptors (Lipinski definition) is 4. The molecule has 0 aliphatic rings. The summed E-state index contributed by atoms with van der Waals surface area (Å²) in [4.78, 5) is 10.1. The van der Waals surface area contributed by atoms with E-state index in [1.165, 1.54) is 0 Å². The highest BCUT2D eigenvalue weighted by molar-refractivity contribution is 5.68. The van der Waals surface area contributed by atoms with E-state index in [2.05, 4.69) is 10.6 Å². The lowest BCUT2D eigenvalue weighted by Gasteiger charge is -2.26. The van der Waals surface area contributed by atoms with Gasteiger partial charge in [-0.2, -0.15) is 0 Å². The Balaban J connectivity index is 3.35. The van der Waals surface area contributed by atoms with Crippen LogP contribution in [0.2, 0.25) is 0 Å². The van der Waals surface area contributed by atoms with Gasteiger partial charge in [-0.3, -0.25) is 4.79 Å². The molecule has 0 aromatic rings. The third kappa shape index (κ3) is 8.35. The molecule has 4 N–H and O–H groups in total. The number of carboxylic acid groups (broad SMARTS) is 1. The summed E-state index contributed by atoms with van der Waals surface area (Å²) in [6.07, 6.45) is -0.392. The van der Waals surface area contributed by atoms with Gasteiger partial charge < -0.3 is 20.8 Å². The van der Waals surface area contributed by atoms with Gasteiger partial charge in [-0.05, 0) is 5.41 Å². The molecule has 0 spiro atoms. The van der Waals surface area contributed by atoms with Gasteiger partial charge >= 0.3 is 5.97 Å². The second-order valence-corrected chi connectivity index (χ2v) is 4.66. The average molecular weight is 218 g/mol. The van der Waals surface area contributed by atoms with Crippen molar-refractivity contribution in [2.24, 2.45) is 5.41 Å². The molecule has 0 aliphatic carbocycles. The minimum Gasteiger partial charge on any atom is -0.480 e. The molecule has 0 saturated heterocycles. The fourth-order valence-corrected chi connectivity index (χ4v) is 0.917. The summed E-state index contributed by atoms with van der Waals surface area (Å²) in [6.45, 7) is 7.66. The van der Waals surface area contributed by atoms with E-state index in [9.17, 15) is 9.90 Å². The van der Waals surface area contributed by atoms with Gasteiger partial charge in [0.15, 0.2) is 0 Å². The maximum absolute atomic E-state index is 10.1. The van der Waals surface area contributed by atoms with E-state index in [1.807, 2.05) is 20.8 Å². The Kier molecular flexibility index (Phi) is 6.47. The summed E-state index contributed by atoms with van der Waals surface area (Å²) in [5, 5.41) is 23.8. The van der Waals surface area contributed by atoms with E-state index in [-0.39, 0.29) is 12.0 Å². The molecule has 0 aromatic heterocycles. The van der Waals surface area contributed by atoms with Crippen molar-refractivity contribution in [3.63, 3.8) is 0 Å². The molecule has 0 amide bonds. The summed E-state index contributed by atoms with van der Waals surface area (Å²) < 4.78 is 0. The molecule has 0 heterocycles. The number of aliphatic hydroxyl groups is 1.